The van der Waals surface area contributed by atoms with Gasteiger partial charge in [-0.1, -0.05) is 60.9 Å². The van der Waals surface area contributed by atoms with Gasteiger partial charge in [-0.25, -0.2) is 0 Å². The van der Waals surface area contributed by atoms with E-state index in [9.17, 15) is 8.42 Å². The molecule has 2 rings (SSSR count). The standard InChI is InChI=1S/C13H20O2.C7H8O3S/c14-10-6-1-2-7-11-15-12-13-8-4-3-5-9-13;1-6-2-4-7(5-3-6)11(8,9)10/h3-5,8-9,14H,1-2,6-7,10-12H2;2-5H,1H3,(H,8,9,10). The number of aliphatic hydroxyl groups is 1. The van der Waals surface area contributed by atoms with E-state index in [1.807, 2.05) is 25.1 Å². The predicted octanol–water partition coefficient (Wildman–Crippen LogP) is 4.00. The Balaban J connectivity index is 0.000000273. The van der Waals surface area contributed by atoms with Crippen molar-refractivity contribution in [2.45, 2.75) is 44.1 Å². The zero-order chi connectivity index (χ0) is 19.3. The Bertz CT molecular complexity index is 697. The molecule has 2 N–H and O–H groups in total. The van der Waals surface area contributed by atoms with Gasteiger partial charge in [-0.3, -0.25) is 4.55 Å². The second-order valence-corrected chi connectivity index (χ2v) is 7.39. The summed E-state index contributed by atoms with van der Waals surface area (Å²) in [5.74, 6) is 0. The van der Waals surface area contributed by atoms with Crippen molar-refractivity contribution < 1.29 is 22.8 Å². The molecule has 0 heterocycles. The first-order valence-corrected chi connectivity index (χ1v) is 10.1. The van der Waals surface area contributed by atoms with E-state index in [-0.39, 0.29) is 4.90 Å². The van der Waals surface area contributed by atoms with Crippen LogP contribution in [0, 0.1) is 6.92 Å². The van der Waals surface area contributed by atoms with Gasteiger partial charge < -0.3 is 9.84 Å². The molecule has 0 aliphatic heterocycles. The topological polar surface area (TPSA) is 83.8 Å². The molecule has 0 spiro atoms. The van der Waals surface area contributed by atoms with Crippen LogP contribution in [0.5, 0.6) is 0 Å². The summed E-state index contributed by atoms with van der Waals surface area (Å²) in [6, 6.07) is 16.2. The molecule has 0 aliphatic rings. The molecule has 0 aromatic heterocycles. The van der Waals surface area contributed by atoms with Gasteiger partial charge in [-0.05, 0) is 37.5 Å². The van der Waals surface area contributed by atoms with E-state index in [4.69, 9.17) is 14.4 Å². The molecular formula is C20H28O5S. The van der Waals surface area contributed by atoms with E-state index in [2.05, 4.69) is 12.1 Å². The van der Waals surface area contributed by atoms with Gasteiger partial charge in [0, 0.05) is 13.2 Å². The van der Waals surface area contributed by atoms with Crippen molar-refractivity contribution >= 4 is 10.1 Å². The van der Waals surface area contributed by atoms with E-state index < -0.39 is 10.1 Å². The highest BCUT2D eigenvalue weighted by molar-refractivity contribution is 7.85. The monoisotopic (exact) mass is 380 g/mol. The normalized spacial score (nSPS) is 10.9. The number of hydrogen-bond donors (Lipinski definition) is 2. The number of rotatable bonds is 9. The molecule has 0 radical (unpaired) electrons. The minimum absolute atomic E-state index is 0.0666. The van der Waals surface area contributed by atoms with Crippen LogP contribution in [0.4, 0.5) is 0 Å². The third kappa shape index (κ3) is 10.3. The Morgan fingerprint density at radius 3 is 2.08 bits per heavy atom. The van der Waals surface area contributed by atoms with Gasteiger partial charge in [0.05, 0.1) is 11.5 Å². The molecule has 0 saturated heterocycles. The van der Waals surface area contributed by atoms with Crippen molar-refractivity contribution in [3.8, 4) is 0 Å². The number of unbranched alkanes of at least 4 members (excludes halogenated alkanes) is 3. The second-order valence-electron chi connectivity index (χ2n) is 5.96. The Kier molecular flexibility index (Phi) is 10.8. The summed E-state index contributed by atoms with van der Waals surface area (Å²) >= 11 is 0. The van der Waals surface area contributed by atoms with Crippen LogP contribution in [0.15, 0.2) is 59.5 Å². The zero-order valence-electron chi connectivity index (χ0n) is 15.2. The van der Waals surface area contributed by atoms with Crippen molar-refractivity contribution in [2.75, 3.05) is 13.2 Å². The van der Waals surface area contributed by atoms with Crippen LogP contribution >= 0.6 is 0 Å². The Morgan fingerprint density at radius 2 is 1.50 bits per heavy atom. The lowest BCUT2D eigenvalue weighted by molar-refractivity contribution is 0.116. The first kappa shape index (κ1) is 22.3. The van der Waals surface area contributed by atoms with E-state index >= 15 is 0 Å². The van der Waals surface area contributed by atoms with Gasteiger partial charge in [0.15, 0.2) is 0 Å². The third-order valence-electron chi connectivity index (χ3n) is 3.63. The smallest absolute Gasteiger partial charge is 0.294 e. The molecule has 0 unspecified atom stereocenters. The maximum absolute atomic E-state index is 10.5. The molecule has 26 heavy (non-hydrogen) atoms. The average molecular weight is 381 g/mol. The summed E-state index contributed by atoms with van der Waals surface area (Å²) < 4.78 is 35.1. The minimum atomic E-state index is -4.02. The molecule has 0 aliphatic carbocycles. The molecule has 0 amide bonds. The summed E-state index contributed by atoms with van der Waals surface area (Å²) in [6.07, 6.45) is 4.26. The minimum Gasteiger partial charge on any atom is -0.396 e. The lowest BCUT2D eigenvalue weighted by Crippen LogP contribution is -1.96. The summed E-state index contributed by atoms with van der Waals surface area (Å²) in [6.45, 7) is 3.68. The Hall–Kier alpha value is -1.73. The highest BCUT2D eigenvalue weighted by Gasteiger charge is 2.06. The van der Waals surface area contributed by atoms with E-state index in [0.29, 0.717) is 13.2 Å². The number of ether oxygens (including phenoxy) is 1. The van der Waals surface area contributed by atoms with E-state index in [1.165, 1.54) is 17.7 Å². The number of aryl methyl sites for hydroxylation is 1. The van der Waals surface area contributed by atoms with Crippen LogP contribution < -0.4 is 0 Å². The van der Waals surface area contributed by atoms with Gasteiger partial charge in [0.1, 0.15) is 0 Å². The quantitative estimate of drug-likeness (QED) is 0.507. The van der Waals surface area contributed by atoms with Crippen LogP contribution in [0.3, 0.4) is 0 Å². The van der Waals surface area contributed by atoms with Gasteiger partial charge in [-0.2, -0.15) is 8.42 Å². The third-order valence-corrected chi connectivity index (χ3v) is 4.50. The molecule has 2 aromatic rings. The van der Waals surface area contributed by atoms with Crippen LogP contribution in [0.2, 0.25) is 0 Å². The first-order chi connectivity index (χ1) is 12.4. The van der Waals surface area contributed by atoms with Crippen LogP contribution in [-0.4, -0.2) is 31.3 Å². The largest absolute Gasteiger partial charge is 0.396 e. The predicted molar refractivity (Wildman–Crippen MR) is 103 cm³/mol. The average Bonchev–Trinajstić information content (AvgIpc) is 2.62. The van der Waals surface area contributed by atoms with Gasteiger partial charge >= 0.3 is 0 Å². The number of hydrogen-bond acceptors (Lipinski definition) is 4. The molecule has 6 heteroatoms. The zero-order valence-corrected chi connectivity index (χ0v) is 16.0. The maximum Gasteiger partial charge on any atom is 0.294 e. The molecular weight excluding hydrogens is 352 g/mol. The summed E-state index contributed by atoms with van der Waals surface area (Å²) in [5, 5.41) is 8.59. The second kappa shape index (κ2) is 12.6. The van der Waals surface area contributed by atoms with Gasteiger partial charge in [0.25, 0.3) is 10.1 Å². The lowest BCUT2D eigenvalue weighted by atomic mass is 10.2. The summed E-state index contributed by atoms with van der Waals surface area (Å²) in [7, 11) is -4.02. The number of aliphatic hydroxyl groups excluding tert-OH is 1. The van der Waals surface area contributed by atoms with Crippen LogP contribution in [0.25, 0.3) is 0 Å². The maximum atomic E-state index is 10.5. The van der Waals surface area contributed by atoms with Crippen molar-refractivity contribution in [1.29, 1.82) is 0 Å². The van der Waals surface area contributed by atoms with Crippen molar-refractivity contribution in [3.63, 3.8) is 0 Å². The highest BCUT2D eigenvalue weighted by atomic mass is 32.2. The fraction of sp³-hybridized carbons (Fsp3) is 0.400. The van der Waals surface area contributed by atoms with Crippen LogP contribution in [0.1, 0.15) is 36.8 Å². The van der Waals surface area contributed by atoms with Crippen LogP contribution in [-0.2, 0) is 21.5 Å². The first-order valence-electron chi connectivity index (χ1n) is 8.70. The molecule has 0 saturated carbocycles. The van der Waals surface area contributed by atoms with Crippen molar-refractivity contribution in [3.05, 3.63) is 65.7 Å². The lowest BCUT2D eigenvalue weighted by Gasteiger charge is -2.03. The Labute approximate surface area is 156 Å². The van der Waals surface area contributed by atoms with Crippen molar-refractivity contribution in [1.82, 2.24) is 0 Å². The highest BCUT2D eigenvalue weighted by Crippen LogP contribution is 2.08. The van der Waals surface area contributed by atoms with E-state index in [0.717, 1.165) is 37.9 Å². The van der Waals surface area contributed by atoms with Gasteiger partial charge in [0.2, 0.25) is 0 Å². The van der Waals surface area contributed by atoms with Gasteiger partial charge in [-0.15, -0.1) is 0 Å². The fourth-order valence-electron chi connectivity index (χ4n) is 2.14. The Morgan fingerprint density at radius 1 is 0.885 bits per heavy atom. The number of benzene rings is 2. The summed E-state index contributed by atoms with van der Waals surface area (Å²) in [4.78, 5) is -0.0666. The molecule has 5 nitrogen and oxygen atoms in total. The summed E-state index contributed by atoms with van der Waals surface area (Å²) in [5.41, 5.74) is 2.19. The SMILES string of the molecule is Cc1ccc(S(=O)(=O)O)cc1.OCCCCCCOCc1ccccc1. The molecule has 0 bridgehead atoms. The molecule has 0 atom stereocenters. The van der Waals surface area contributed by atoms with E-state index in [1.54, 1.807) is 12.1 Å². The molecule has 0 fully saturated rings. The molecule has 2 aromatic carbocycles. The van der Waals surface area contributed by atoms with Crippen molar-refractivity contribution in [2.24, 2.45) is 0 Å². The fourth-order valence-corrected chi connectivity index (χ4v) is 2.62. The molecule has 144 valence electrons.